The van der Waals surface area contributed by atoms with E-state index in [2.05, 4.69) is 35.1 Å². The molecule has 3 nitrogen and oxygen atoms in total. The predicted molar refractivity (Wildman–Crippen MR) is 73.4 cm³/mol. The van der Waals surface area contributed by atoms with Crippen LogP contribution >= 0.6 is 11.3 Å². The van der Waals surface area contributed by atoms with Gasteiger partial charge in [-0.25, -0.2) is 0 Å². The van der Waals surface area contributed by atoms with E-state index < -0.39 is 0 Å². The Kier molecular flexibility index (Phi) is 6.89. The molecule has 0 aromatic carbocycles. The molecule has 17 heavy (non-hydrogen) atoms. The molecule has 1 rings (SSSR count). The van der Waals surface area contributed by atoms with Crippen molar-refractivity contribution in [2.24, 2.45) is 5.92 Å². The van der Waals surface area contributed by atoms with E-state index in [9.17, 15) is 4.79 Å². The maximum absolute atomic E-state index is 11.6. The first-order chi connectivity index (χ1) is 8.22. The number of carbonyl (C=O) groups is 1. The predicted octanol–water partition coefficient (Wildman–Crippen LogP) is 2.04. The number of nitrogens with one attached hydrogen (secondary N) is 2. The van der Waals surface area contributed by atoms with Crippen LogP contribution in [-0.2, 0) is 11.2 Å². The molecule has 1 heterocycles. The van der Waals surface area contributed by atoms with Crippen LogP contribution in [0.25, 0.3) is 0 Å². The lowest BCUT2D eigenvalue weighted by Gasteiger charge is -2.11. The van der Waals surface area contributed by atoms with Gasteiger partial charge in [0.2, 0.25) is 5.91 Å². The molecule has 0 aliphatic heterocycles. The van der Waals surface area contributed by atoms with E-state index in [-0.39, 0.29) is 5.91 Å². The molecule has 0 aliphatic carbocycles. The summed E-state index contributed by atoms with van der Waals surface area (Å²) in [5.41, 5.74) is 0. The van der Waals surface area contributed by atoms with E-state index in [1.165, 1.54) is 4.88 Å². The zero-order chi connectivity index (χ0) is 12.5. The highest BCUT2D eigenvalue weighted by Crippen LogP contribution is 2.11. The minimum absolute atomic E-state index is 0.171. The van der Waals surface area contributed by atoms with Crippen LogP contribution in [0.15, 0.2) is 17.5 Å². The molecule has 96 valence electrons. The first-order valence-electron chi connectivity index (χ1n) is 6.16. The standard InChI is InChI=1S/C13H22N2OS/c1-11(9-14-2)10-15-13(16)7-3-5-12-6-4-8-17-12/h4,6,8,11,14H,3,5,7,9-10H2,1-2H3,(H,15,16). The summed E-state index contributed by atoms with van der Waals surface area (Å²) >= 11 is 1.76. The summed E-state index contributed by atoms with van der Waals surface area (Å²) in [6, 6.07) is 4.18. The largest absolute Gasteiger partial charge is 0.356 e. The summed E-state index contributed by atoms with van der Waals surface area (Å²) < 4.78 is 0. The van der Waals surface area contributed by atoms with E-state index in [0.29, 0.717) is 12.3 Å². The van der Waals surface area contributed by atoms with Gasteiger partial charge < -0.3 is 10.6 Å². The van der Waals surface area contributed by atoms with Crippen LogP contribution in [0.5, 0.6) is 0 Å². The molecule has 1 aromatic heterocycles. The minimum atomic E-state index is 0.171. The van der Waals surface area contributed by atoms with Gasteiger partial charge in [0.05, 0.1) is 0 Å². The maximum Gasteiger partial charge on any atom is 0.220 e. The third kappa shape index (κ3) is 6.44. The van der Waals surface area contributed by atoms with Gasteiger partial charge in [0.25, 0.3) is 0 Å². The highest BCUT2D eigenvalue weighted by Gasteiger charge is 2.05. The fraction of sp³-hybridized carbons (Fsp3) is 0.615. The van der Waals surface area contributed by atoms with Crippen LogP contribution in [0, 0.1) is 5.92 Å². The van der Waals surface area contributed by atoms with Crippen LogP contribution in [0.2, 0.25) is 0 Å². The van der Waals surface area contributed by atoms with Gasteiger partial charge in [0.15, 0.2) is 0 Å². The number of carbonyl (C=O) groups excluding carboxylic acids is 1. The molecule has 2 N–H and O–H groups in total. The first-order valence-corrected chi connectivity index (χ1v) is 7.04. The Morgan fingerprint density at radius 3 is 2.94 bits per heavy atom. The van der Waals surface area contributed by atoms with Crippen molar-refractivity contribution < 1.29 is 4.79 Å². The summed E-state index contributed by atoms with van der Waals surface area (Å²) in [5, 5.41) is 8.15. The highest BCUT2D eigenvalue weighted by molar-refractivity contribution is 7.09. The molecule has 1 atom stereocenters. The number of aryl methyl sites for hydroxylation is 1. The molecular formula is C13H22N2OS. The molecule has 0 saturated carbocycles. The molecular weight excluding hydrogens is 232 g/mol. The molecule has 0 spiro atoms. The topological polar surface area (TPSA) is 41.1 Å². The second-order valence-electron chi connectivity index (χ2n) is 4.40. The molecule has 0 aliphatic rings. The van der Waals surface area contributed by atoms with Gasteiger partial charge in [0.1, 0.15) is 0 Å². The Morgan fingerprint density at radius 1 is 1.47 bits per heavy atom. The van der Waals surface area contributed by atoms with Crippen molar-refractivity contribution in [3.05, 3.63) is 22.4 Å². The maximum atomic E-state index is 11.6. The molecule has 1 amide bonds. The van der Waals surface area contributed by atoms with Crippen molar-refractivity contribution in [3.63, 3.8) is 0 Å². The van der Waals surface area contributed by atoms with Crippen LogP contribution in [0.3, 0.4) is 0 Å². The number of hydrogen-bond acceptors (Lipinski definition) is 3. The number of amides is 1. The van der Waals surface area contributed by atoms with Crippen LogP contribution in [-0.4, -0.2) is 26.0 Å². The second-order valence-corrected chi connectivity index (χ2v) is 5.43. The molecule has 0 bridgehead atoms. The number of rotatable bonds is 8. The first kappa shape index (κ1) is 14.2. The van der Waals surface area contributed by atoms with Gasteiger partial charge in [0, 0.05) is 17.8 Å². The quantitative estimate of drug-likeness (QED) is 0.745. The Bertz CT molecular complexity index is 311. The van der Waals surface area contributed by atoms with Crippen molar-refractivity contribution in [2.75, 3.05) is 20.1 Å². The van der Waals surface area contributed by atoms with Gasteiger partial charge in [-0.05, 0) is 43.8 Å². The molecule has 4 heteroatoms. The van der Waals surface area contributed by atoms with Crippen molar-refractivity contribution >= 4 is 17.2 Å². The van der Waals surface area contributed by atoms with Gasteiger partial charge >= 0.3 is 0 Å². The Hall–Kier alpha value is -0.870. The van der Waals surface area contributed by atoms with Crippen molar-refractivity contribution in [3.8, 4) is 0 Å². The van der Waals surface area contributed by atoms with Crippen molar-refractivity contribution in [1.29, 1.82) is 0 Å². The van der Waals surface area contributed by atoms with Gasteiger partial charge in [-0.2, -0.15) is 0 Å². The van der Waals surface area contributed by atoms with E-state index in [0.717, 1.165) is 25.9 Å². The van der Waals surface area contributed by atoms with Gasteiger partial charge in [-0.15, -0.1) is 11.3 Å². The smallest absolute Gasteiger partial charge is 0.220 e. The summed E-state index contributed by atoms with van der Waals surface area (Å²) in [6.45, 7) is 3.83. The zero-order valence-corrected chi connectivity index (χ0v) is 11.5. The van der Waals surface area contributed by atoms with Crippen LogP contribution in [0.4, 0.5) is 0 Å². The van der Waals surface area contributed by atoms with E-state index in [1.54, 1.807) is 11.3 Å². The van der Waals surface area contributed by atoms with Crippen molar-refractivity contribution in [2.45, 2.75) is 26.2 Å². The molecule has 0 radical (unpaired) electrons. The fourth-order valence-electron chi connectivity index (χ4n) is 1.68. The molecule has 0 saturated heterocycles. The van der Waals surface area contributed by atoms with Gasteiger partial charge in [-0.3, -0.25) is 4.79 Å². The lowest BCUT2D eigenvalue weighted by atomic mass is 10.1. The normalized spacial score (nSPS) is 12.4. The number of thiophene rings is 1. The molecule has 1 aromatic rings. The lowest BCUT2D eigenvalue weighted by Crippen LogP contribution is -2.32. The average Bonchev–Trinajstić information content (AvgIpc) is 2.80. The third-order valence-corrected chi connectivity index (χ3v) is 3.54. The van der Waals surface area contributed by atoms with Gasteiger partial charge in [-0.1, -0.05) is 13.0 Å². The summed E-state index contributed by atoms with van der Waals surface area (Å²) in [7, 11) is 1.93. The van der Waals surface area contributed by atoms with E-state index in [4.69, 9.17) is 0 Å². The lowest BCUT2D eigenvalue weighted by molar-refractivity contribution is -0.121. The second kappa shape index (κ2) is 8.25. The molecule has 1 unspecified atom stereocenters. The summed E-state index contributed by atoms with van der Waals surface area (Å²) in [4.78, 5) is 12.9. The van der Waals surface area contributed by atoms with Crippen molar-refractivity contribution in [1.82, 2.24) is 10.6 Å². The monoisotopic (exact) mass is 254 g/mol. The average molecular weight is 254 g/mol. The molecule has 0 fully saturated rings. The Balaban J connectivity index is 2.05. The Morgan fingerprint density at radius 2 is 2.29 bits per heavy atom. The third-order valence-electron chi connectivity index (χ3n) is 2.61. The number of hydrogen-bond donors (Lipinski definition) is 2. The van der Waals surface area contributed by atoms with Crippen LogP contribution < -0.4 is 10.6 Å². The SMILES string of the molecule is CNCC(C)CNC(=O)CCCc1cccs1. The fourth-order valence-corrected chi connectivity index (χ4v) is 2.43. The summed E-state index contributed by atoms with van der Waals surface area (Å²) in [6.07, 6.45) is 2.58. The van der Waals surface area contributed by atoms with Crippen LogP contribution in [0.1, 0.15) is 24.6 Å². The van der Waals surface area contributed by atoms with E-state index >= 15 is 0 Å². The minimum Gasteiger partial charge on any atom is -0.356 e. The van der Waals surface area contributed by atoms with E-state index in [1.807, 2.05) is 7.05 Å². The zero-order valence-electron chi connectivity index (χ0n) is 10.7. The summed E-state index contributed by atoms with van der Waals surface area (Å²) in [5.74, 6) is 0.658. The highest BCUT2D eigenvalue weighted by atomic mass is 32.1. The Labute approximate surface area is 108 Å².